The summed E-state index contributed by atoms with van der Waals surface area (Å²) in [5.41, 5.74) is 0. The van der Waals surface area contributed by atoms with E-state index in [0.29, 0.717) is 19.1 Å². The van der Waals surface area contributed by atoms with Crippen LogP contribution in [-0.2, 0) is 9.53 Å². The first-order chi connectivity index (χ1) is 8.22. The van der Waals surface area contributed by atoms with Crippen molar-refractivity contribution in [2.75, 3.05) is 32.8 Å². The van der Waals surface area contributed by atoms with Crippen molar-refractivity contribution in [3.63, 3.8) is 0 Å². The first kappa shape index (κ1) is 14.5. The van der Waals surface area contributed by atoms with Crippen molar-refractivity contribution in [1.82, 2.24) is 10.2 Å². The third kappa shape index (κ3) is 6.64. The summed E-state index contributed by atoms with van der Waals surface area (Å²) >= 11 is 0. The number of carbonyl (C=O) groups is 1. The number of ether oxygens (including phenoxy) is 1. The normalized spacial score (nSPS) is 21.4. The zero-order valence-electron chi connectivity index (χ0n) is 11.2. The van der Waals surface area contributed by atoms with Gasteiger partial charge in [0.05, 0.1) is 6.61 Å². The molecule has 0 unspecified atom stereocenters. The molecular weight excluding hydrogens is 216 g/mol. The Bertz CT molecular complexity index is 221. The molecule has 1 rings (SSSR count). The van der Waals surface area contributed by atoms with Gasteiger partial charge in [-0.1, -0.05) is 6.42 Å². The molecule has 1 aliphatic heterocycles. The maximum absolute atomic E-state index is 11.1. The van der Waals surface area contributed by atoms with Crippen molar-refractivity contribution in [2.45, 2.75) is 45.6 Å². The Kier molecular flexibility index (Phi) is 7.21. The lowest BCUT2D eigenvalue weighted by molar-refractivity contribution is -0.143. The van der Waals surface area contributed by atoms with E-state index in [2.05, 4.69) is 17.1 Å². The Balaban J connectivity index is 1.95. The predicted molar refractivity (Wildman–Crippen MR) is 69.0 cm³/mol. The number of unbranched alkanes of at least 4 members (excludes halogenated alkanes) is 2. The van der Waals surface area contributed by atoms with Gasteiger partial charge in [-0.25, -0.2) is 0 Å². The molecule has 0 aliphatic carbocycles. The van der Waals surface area contributed by atoms with E-state index < -0.39 is 0 Å². The number of esters is 1. The first-order valence-corrected chi connectivity index (χ1v) is 6.83. The Morgan fingerprint density at radius 1 is 1.41 bits per heavy atom. The van der Waals surface area contributed by atoms with Crippen LogP contribution in [0.5, 0.6) is 0 Å². The Hall–Kier alpha value is -0.610. The fourth-order valence-electron chi connectivity index (χ4n) is 2.23. The maximum Gasteiger partial charge on any atom is 0.305 e. The van der Waals surface area contributed by atoms with Crippen molar-refractivity contribution in [3.05, 3.63) is 0 Å². The molecule has 1 N–H and O–H groups in total. The predicted octanol–water partition coefficient (Wildman–Crippen LogP) is 1.40. The van der Waals surface area contributed by atoms with Crippen LogP contribution in [0.2, 0.25) is 0 Å². The summed E-state index contributed by atoms with van der Waals surface area (Å²) in [5.74, 6) is -0.0525. The van der Waals surface area contributed by atoms with Crippen LogP contribution in [0.25, 0.3) is 0 Å². The van der Waals surface area contributed by atoms with Gasteiger partial charge in [0.1, 0.15) is 0 Å². The lowest BCUT2D eigenvalue weighted by Gasteiger charge is -2.31. The topological polar surface area (TPSA) is 41.6 Å². The Labute approximate surface area is 105 Å². The highest BCUT2D eigenvalue weighted by molar-refractivity contribution is 5.69. The zero-order chi connectivity index (χ0) is 12.5. The first-order valence-electron chi connectivity index (χ1n) is 6.83. The van der Waals surface area contributed by atoms with E-state index in [1.807, 2.05) is 6.92 Å². The van der Waals surface area contributed by atoms with Gasteiger partial charge in [0.2, 0.25) is 0 Å². The SMILES string of the molecule is CCOC(=O)CCCCCN1CCN[C@H](C)C1. The second-order valence-corrected chi connectivity index (χ2v) is 4.77. The van der Waals surface area contributed by atoms with Crippen molar-refractivity contribution >= 4 is 5.97 Å². The maximum atomic E-state index is 11.1. The molecule has 4 nitrogen and oxygen atoms in total. The van der Waals surface area contributed by atoms with E-state index >= 15 is 0 Å². The van der Waals surface area contributed by atoms with Crippen molar-refractivity contribution in [3.8, 4) is 0 Å². The van der Waals surface area contributed by atoms with Crippen molar-refractivity contribution in [2.24, 2.45) is 0 Å². The highest BCUT2D eigenvalue weighted by atomic mass is 16.5. The quantitative estimate of drug-likeness (QED) is 0.541. The molecule has 0 amide bonds. The van der Waals surface area contributed by atoms with E-state index in [0.717, 1.165) is 39.0 Å². The largest absolute Gasteiger partial charge is 0.466 e. The molecule has 0 aromatic heterocycles. The lowest BCUT2D eigenvalue weighted by Crippen LogP contribution is -2.49. The third-order valence-corrected chi connectivity index (χ3v) is 3.11. The molecular formula is C13H26N2O2. The van der Waals surface area contributed by atoms with Crippen LogP contribution in [0.4, 0.5) is 0 Å². The summed E-state index contributed by atoms with van der Waals surface area (Å²) in [7, 11) is 0. The molecule has 0 radical (unpaired) electrons. The summed E-state index contributed by atoms with van der Waals surface area (Å²) in [6.45, 7) is 9.15. The van der Waals surface area contributed by atoms with Crippen LogP contribution in [0.1, 0.15) is 39.5 Å². The van der Waals surface area contributed by atoms with Crippen LogP contribution >= 0.6 is 0 Å². The van der Waals surface area contributed by atoms with E-state index in [9.17, 15) is 4.79 Å². The molecule has 0 bridgehead atoms. The van der Waals surface area contributed by atoms with Crippen LogP contribution in [-0.4, -0.2) is 49.7 Å². The van der Waals surface area contributed by atoms with Gasteiger partial charge in [-0.2, -0.15) is 0 Å². The number of carbonyl (C=O) groups excluding carboxylic acids is 1. The average molecular weight is 242 g/mol. The number of nitrogens with one attached hydrogen (secondary N) is 1. The smallest absolute Gasteiger partial charge is 0.305 e. The van der Waals surface area contributed by atoms with Gasteiger partial charge in [-0.3, -0.25) is 4.79 Å². The Morgan fingerprint density at radius 3 is 2.94 bits per heavy atom. The number of nitrogens with zero attached hydrogens (tertiary/aromatic N) is 1. The summed E-state index contributed by atoms with van der Waals surface area (Å²) in [5, 5.41) is 3.44. The second kappa shape index (κ2) is 8.48. The minimum atomic E-state index is -0.0525. The minimum absolute atomic E-state index is 0.0525. The average Bonchev–Trinajstić information content (AvgIpc) is 2.29. The molecule has 0 aromatic rings. The van der Waals surface area contributed by atoms with E-state index in [1.165, 1.54) is 6.42 Å². The molecule has 0 aromatic carbocycles. The molecule has 1 fully saturated rings. The molecule has 0 saturated carbocycles. The summed E-state index contributed by atoms with van der Waals surface area (Å²) in [6.07, 6.45) is 3.84. The van der Waals surface area contributed by atoms with Gasteiger partial charge < -0.3 is 15.0 Å². The number of piperazine rings is 1. The van der Waals surface area contributed by atoms with Crippen LogP contribution < -0.4 is 5.32 Å². The molecule has 1 saturated heterocycles. The van der Waals surface area contributed by atoms with Gasteiger partial charge in [-0.05, 0) is 33.2 Å². The molecule has 100 valence electrons. The lowest BCUT2D eigenvalue weighted by atomic mass is 10.1. The van der Waals surface area contributed by atoms with Gasteiger partial charge in [0, 0.05) is 32.1 Å². The molecule has 0 spiro atoms. The van der Waals surface area contributed by atoms with Crippen molar-refractivity contribution in [1.29, 1.82) is 0 Å². The van der Waals surface area contributed by atoms with E-state index in [1.54, 1.807) is 0 Å². The fraction of sp³-hybridized carbons (Fsp3) is 0.923. The third-order valence-electron chi connectivity index (χ3n) is 3.11. The second-order valence-electron chi connectivity index (χ2n) is 4.77. The fourth-order valence-corrected chi connectivity index (χ4v) is 2.23. The van der Waals surface area contributed by atoms with Crippen molar-refractivity contribution < 1.29 is 9.53 Å². The molecule has 1 atom stereocenters. The molecule has 1 heterocycles. The summed E-state index contributed by atoms with van der Waals surface area (Å²) in [6, 6.07) is 0.614. The highest BCUT2D eigenvalue weighted by Gasteiger charge is 2.14. The highest BCUT2D eigenvalue weighted by Crippen LogP contribution is 2.05. The van der Waals surface area contributed by atoms with Gasteiger partial charge in [0.25, 0.3) is 0 Å². The zero-order valence-corrected chi connectivity index (χ0v) is 11.2. The molecule has 1 aliphatic rings. The number of rotatable bonds is 7. The van der Waals surface area contributed by atoms with Crippen LogP contribution in [0.15, 0.2) is 0 Å². The minimum Gasteiger partial charge on any atom is -0.466 e. The van der Waals surface area contributed by atoms with Gasteiger partial charge >= 0.3 is 5.97 Å². The van der Waals surface area contributed by atoms with Gasteiger partial charge in [-0.15, -0.1) is 0 Å². The van der Waals surface area contributed by atoms with Crippen LogP contribution in [0.3, 0.4) is 0 Å². The summed E-state index contributed by atoms with van der Waals surface area (Å²) in [4.78, 5) is 13.6. The number of hydrogen-bond donors (Lipinski definition) is 1. The van der Waals surface area contributed by atoms with E-state index in [4.69, 9.17) is 4.74 Å². The standard InChI is InChI=1S/C13H26N2O2/c1-3-17-13(16)7-5-4-6-9-15-10-8-14-12(2)11-15/h12,14H,3-11H2,1-2H3/t12-/m1/s1. The number of hydrogen-bond acceptors (Lipinski definition) is 4. The van der Waals surface area contributed by atoms with Crippen LogP contribution in [0, 0.1) is 0 Å². The summed E-state index contributed by atoms with van der Waals surface area (Å²) < 4.78 is 4.89. The molecule has 4 heteroatoms. The monoisotopic (exact) mass is 242 g/mol. The van der Waals surface area contributed by atoms with E-state index in [-0.39, 0.29) is 5.97 Å². The Morgan fingerprint density at radius 2 is 2.24 bits per heavy atom. The van der Waals surface area contributed by atoms with Gasteiger partial charge in [0.15, 0.2) is 0 Å². The molecule has 17 heavy (non-hydrogen) atoms.